The van der Waals surface area contributed by atoms with Crippen LogP contribution < -0.4 is 10.2 Å². The van der Waals surface area contributed by atoms with Gasteiger partial charge in [0.25, 0.3) is 0 Å². The third-order valence-corrected chi connectivity index (χ3v) is 4.80. The van der Waals surface area contributed by atoms with Crippen LogP contribution in [-0.2, 0) is 11.8 Å². The first-order valence-electron chi connectivity index (χ1n) is 9.56. The fourth-order valence-electron chi connectivity index (χ4n) is 3.28. The summed E-state index contributed by atoms with van der Waals surface area (Å²) in [6.07, 6.45) is 3.61. The summed E-state index contributed by atoms with van der Waals surface area (Å²) in [6.45, 7) is 13.9. The zero-order valence-corrected chi connectivity index (χ0v) is 19.5. The highest BCUT2D eigenvalue weighted by Gasteiger charge is 2.27. The summed E-state index contributed by atoms with van der Waals surface area (Å²) in [5.74, 6) is 0.900. The van der Waals surface area contributed by atoms with E-state index in [4.69, 9.17) is 4.99 Å². The molecule has 1 aliphatic rings. The summed E-state index contributed by atoms with van der Waals surface area (Å²) >= 11 is 0. The Kier molecular flexibility index (Phi) is 10.1. The Bertz CT molecular complexity index is 615. The molecule has 9 heteroatoms. The Hall–Kier alpha value is -1.36. The van der Waals surface area contributed by atoms with Crippen LogP contribution in [0.5, 0.6) is 0 Å². The molecule has 1 unspecified atom stereocenters. The van der Waals surface area contributed by atoms with Crippen molar-refractivity contribution in [3.63, 3.8) is 0 Å². The van der Waals surface area contributed by atoms with Crippen molar-refractivity contribution in [1.29, 1.82) is 0 Å². The van der Waals surface area contributed by atoms with Crippen molar-refractivity contribution in [3.05, 3.63) is 12.4 Å². The van der Waals surface area contributed by atoms with Gasteiger partial charge in [-0.2, -0.15) is 5.10 Å². The molecule has 1 saturated heterocycles. The van der Waals surface area contributed by atoms with Gasteiger partial charge in [0.05, 0.1) is 18.4 Å². The van der Waals surface area contributed by atoms with E-state index in [1.807, 2.05) is 18.1 Å². The zero-order valence-electron chi connectivity index (χ0n) is 17.2. The molecule has 0 aromatic carbocycles. The highest BCUT2D eigenvalue weighted by atomic mass is 127. The molecule has 0 saturated carbocycles. The number of aromatic nitrogens is 2. The lowest BCUT2D eigenvalue weighted by atomic mass is 10.2. The van der Waals surface area contributed by atoms with E-state index in [2.05, 4.69) is 43.0 Å². The lowest BCUT2D eigenvalue weighted by Crippen LogP contribution is -2.55. The molecule has 1 aromatic rings. The molecule has 0 bridgehead atoms. The molecule has 27 heavy (non-hydrogen) atoms. The van der Waals surface area contributed by atoms with E-state index in [1.54, 1.807) is 15.8 Å². The van der Waals surface area contributed by atoms with Gasteiger partial charge < -0.3 is 15.1 Å². The molecule has 2 rings (SSSR count). The number of hydrogen-bond donors (Lipinski definition) is 1. The van der Waals surface area contributed by atoms with Crippen LogP contribution in [0.15, 0.2) is 17.4 Å². The number of anilines is 1. The normalized spacial score (nSPS) is 16.5. The summed E-state index contributed by atoms with van der Waals surface area (Å²) in [4.78, 5) is 23.6. The Balaban J connectivity index is 0.00000364. The van der Waals surface area contributed by atoms with Gasteiger partial charge in [-0.05, 0) is 26.9 Å². The molecule has 154 valence electrons. The first kappa shape index (κ1) is 23.7. The maximum Gasteiger partial charge on any atom is 0.246 e. The van der Waals surface area contributed by atoms with Crippen LogP contribution in [0.25, 0.3) is 0 Å². The molecule has 0 spiro atoms. The van der Waals surface area contributed by atoms with Gasteiger partial charge >= 0.3 is 0 Å². The summed E-state index contributed by atoms with van der Waals surface area (Å²) in [6, 6.07) is 0.381. The van der Waals surface area contributed by atoms with Crippen molar-refractivity contribution < 1.29 is 4.79 Å². The van der Waals surface area contributed by atoms with E-state index in [0.717, 1.165) is 44.4 Å². The number of hydrogen-bond acceptors (Lipinski definition) is 4. The summed E-state index contributed by atoms with van der Waals surface area (Å²) in [5, 5.41) is 7.49. The second kappa shape index (κ2) is 11.5. The zero-order chi connectivity index (χ0) is 19.1. The van der Waals surface area contributed by atoms with E-state index < -0.39 is 0 Å². The molecule has 1 atom stereocenters. The smallest absolute Gasteiger partial charge is 0.246 e. The largest absolute Gasteiger partial charge is 0.357 e. The maximum atomic E-state index is 12.6. The number of nitrogens with zero attached hydrogens (tertiary/aromatic N) is 6. The monoisotopic (exact) mass is 491 g/mol. The Labute approximate surface area is 180 Å². The minimum Gasteiger partial charge on any atom is -0.357 e. The molecular weight excluding hydrogens is 457 g/mol. The van der Waals surface area contributed by atoms with E-state index in [1.165, 1.54) is 0 Å². The van der Waals surface area contributed by atoms with Gasteiger partial charge in [-0.1, -0.05) is 13.8 Å². The van der Waals surface area contributed by atoms with Crippen molar-refractivity contribution in [3.8, 4) is 0 Å². The maximum absolute atomic E-state index is 12.6. The summed E-state index contributed by atoms with van der Waals surface area (Å²) < 4.78 is 1.72. The van der Waals surface area contributed by atoms with Gasteiger partial charge in [-0.3, -0.25) is 19.4 Å². The van der Waals surface area contributed by atoms with Gasteiger partial charge in [0.1, 0.15) is 6.54 Å². The Morgan fingerprint density at radius 3 is 2.56 bits per heavy atom. The number of amides is 1. The quantitative estimate of drug-likeness (QED) is 0.355. The van der Waals surface area contributed by atoms with Crippen LogP contribution >= 0.6 is 24.0 Å². The van der Waals surface area contributed by atoms with Crippen molar-refractivity contribution in [2.24, 2.45) is 12.0 Å². The second-order valence-corrected chi connectivity index (χ2v) is 6.60. The summed E-state index contributed by atoms with van der Waals surface area (Å²) in [7, 11) is 1.86. The van der Waals surface area contributed by atoms with Gasteiger partial charge in [-0.25, -0.2) is 0 Å². The standard InChI is InChI=1S/C18H33N7O.HI/c1-6-19-18(20-11-15(4)23(7-2)8-3)24-9-10-25(17(26)14-24)16-12-21-22(5)13-16;/h12-13,15H,6-11,14H2,1-5H3,(H,19,20);1H. The van der Waals surface area contributed by atoms with E-state index in [9.17, 15) is 4.79 Å². The van der Waals surface area contributed by atoms with Crippen LogP contribution in [-0.4, -0.2) is 83.3 Å². The summed E-state index contributed by atoms with van der Waals surface area (Å²) in [5.41, 5.74) is 0.856. The first-order valence-corrected chi connectivity index (χ1v) is 9.56. The van der Waals surface area contributed by atoms with Crippen LogP contribution in [0, 0.1) is 0 Å². The number of rotatable bonds is 7. The van der Waals surface area contributed by atoms with Gasteiger partial charge in [0.2, 0.25) is 5.91 Å². The van der Waals surface area contributed by atoms with Gasteiger partial charge in [0, 0.05) is 38.9 Å². The van der Waals surface area contributed by atoms with Crippen molar-refractivity contribution in [2.45, 2.75) is 33.7 Å². The predicted octanol–water partition coefficient (Wildman–Crippen LogP) is 1.38. The lowest BCUT2D eigenvalue weighted by molar-refractivity contribution is -0.120. The molecule has 1 amide bonds. The van der Waals surface area contributed by atoms with Gasteiger partial charge in [-0.15, -0.1) is 24.0 Å². The molecule has 0 aliphatic carbocycles. The SMILES string of the molecule is CCNC(=NCC(C)N(CC)CC)N1CCN(c2cnn(C)c2)C(=O)C1.I. The van der Waals surface area contributed by atoms with E-state index in [-0.39, 0.29) is 29.9 Å². The number of aliphatic imine (C=N–C) groups is 1. The minimum atomic E-state index is 0. The molecule has 1 aromatic heterocycles. The number of guanidine groups is 1. The fraction of sp³-hybridized carbons (Fsp3) is 0.722. The van der Waals surface area contributed by atoms with Crippen LogP contribution in [0.3, 0.4) is 0 Å². The highest BCUT2D eigenvalue weighted by molar-refractivity contribution is 14.0. The second-order valence-electron chi connectivity index (χ2n) is 6.60. The minimum absolute atomic E-state index is 0. The number of halogens is 1. The molecule has 2 heterocycles. The lowest BCUT2D eigenvalue weighted by Gasteiger charge is -2.35. The predicted molar refractivity (Wildman–Crippen MR) is 121 cm³/mol. The molecule has 0 radical (unpaired) electrons. The molecular formula is C18H34IN7O. The fourth-order valence-corrected chi connectivity index (χ4v) is 3.28. The number of aryl methyl sites for hydroxylation is 1. The number of likely N-dealkylation sites (N-methyl/N-ethyl adjacent to an activating group) is 1. The third kappa shape index (κ3) is 6.34. The molecule has 1 aliphatic heterocycles. The van der Waals surface area contributed by atoms with Crippen molar-refractivity contribution in [1.82, 2.24) is 24.9 Å². The highest BCUT2D eigenvalue weighted by Crippen LogP contribution is 2.16. The van der Waals surface area contributed by atoms with Crippen LogP contribution in [0.2, 0.25) is 0 Å². The topological polar surface area (TPSA) is 69.0 Å². The van der Waals surface area contributed by atoms with Gasteiger partial charge in [0.15, 0.2) is 5.96 Å². The van der Waals surface area contributed by atoms with Crippen LogP contribution in [0.1, 0.15) is 27.7 Å². The van der Waals surface area contributed by atoms with E-state index >= 15 is 0 Å². The Morgan fingerprint density at radius 2 is 2.04 bits per heavy atom. The number of carbonyl (C=O) groups excluding carboxylic acids is 1. The molecule has 8 nitrogen and oxygen atoms in total. The Morgan fingerprint density at radius 1 is 1.33 bits per heavy atom. The molecule has 1 N–H and O–H groups in total. The first-order chi connectivity index (χ1) is 12.5. The number of piperazine rings is 1. The number of nitrogens with one attached hydrogen (secondary N) is 1. The molecule has 1 fully saturated rings. The average molecular weight is 491 g/mol. The van der Waals surface area contributed by atoms with Crippen molar-refractivity contribution in [2.75, 3.05) is 50.7 Å². The van der Waals surface area contributed by atoms with Crippen LogP contribution in [0.4, 0.5) is 5.69 Å². The van der Waals surface area contributed by atoms with E-state index in [0.29, 0.717) is 19.1 Å². The average Bonchev–Trinajstić information content (AvgIpc) is 3.05. The third-order valence-electron chi connectivity index (χ3n) is 4.80. The number of carbonyl (C=O) groups is 1. The van der Waals surface area contributed by atoms with Crippen molar-refractivity contribution >= 4 is 41.5 Å².